The van der Waals surface area contributed by atoms with E-state index in [2.05, 4.69) is 78.0 Å². The first kappa shape index (κ1) is 20.4. The second-order valence-corrected chi connectivity index (χ2v) is 8.16. The highest BCUT2D eigenvalue weighted by Crippen LogP contribution is 2.32. The summed E-state index contributed by atoms with van der Waals surface area (Å²) in [5, 5.41) is 5.03. The third-order valence-corrected chi connectivity index (χ3v) is 6.33. The molecule has 3 aromatic rings. The molecule has 1 fully saturated rings. The lowest BCUT2D eigenvalue weighted by Crippen LogP contribution is -2.42. The van der Waals surface area contributed by atoms with Gasteiger partial charge in [-0.15, -0.1) is 0 Å². The zero-order valence-corrected chi connectivity index (χ0v) is 18.0. The minimum absolute atomic E-state index is 0.163. The van der Waals surface area contributed by atoms with E-state index in [0.717, 1.165) is 55.7 Å². The highest BCUT2D eigenvalue weighted by molar-refractivity contribution is 5.78. The number of likely N-dealkylation sites (tertiary alicyclic amines) is 1. The van der Waals surface area contributed by atoms with Crippen LogP contribution in [0.3, 0.4) is 0 Å². The fourth-order valence-electron chi connectivity index (χ4n) is 4.47. The average molecular weight is 402 g/mol. The number of carbonyl (C=O) groups is 1. The van der Waals surface area contributed by atoms with Gasteiger partial charge in [0, 0.05) is 24.6 Å². The molecule has 4 rings (SSSR count). The molecule has 0 radical (unpaired) electrons. The highest BCUT2D eigenvalue weighted by atomic mass is 16.2. The first-order valence-corrected chi connectivity index (χ1v) is 11.2. The summed E-state index contributed by atoms with van der Waals surface area (Å²) < 4.78 is 2.20. The maximum atomic E-state index is 12.8. The van der Waals surface area contributed by atoms with Gasteiger partial charge in [-0.05, 0) is 37.3 Å². The van der Waals surface area contributed by atoms with E-state index >= 15 is 0 Å². The molecule has 1 amide bonds. The number of nitrogens with zero attached hydrogens (tertiary/aromatic N) is 3. The van der Waals surface area contributed by atoms with E-state index in [4.69, 9.17) is 5.10 Å². The molecule has 0 atom stereocenters. The van der Waals surface area contributed by atoms with Crippen molar-refractivity contribution in [2.24, 2.45) is 5.92 Å². The maximum Gasteiger partial charge on any atom is 0.225 e. The zero-order chi connectivity index (χ0) is 20.9. The fourth-order valence-corrected chi connectivity index (χ4v) is 4.47. The molecule has 0 unspecified atom stereocenters. The molecule has 1 aromatic heterocycles. The molecule has 2 heterocycles. The van der Waals surface area contributed by atoms with E-state index in [1.54, 1.807) is 0 Å². The monoisotopic (exact) mass is 401 g/mol. The molecular formula is C26H31N3O. The van der Waals surface area contributed by atoms with Crippen molar-refractivity contribution in [1.29, 1.82) is 0 Å². The van der Waals surface area contributed by atoms with E-state index in [-0.39, 0.29) is 5.92 Å². The Balaban J connectivity index is 1.59. The topological polar surface area (TPSA) is 38.1 Å². The fraction of sp³-hybridized carbons (Fsp3) is 0.385. The zero-order valence-electron chi connectivity index (χ0n) is 18.0. The highest BCUT2D eigenvalue weighted by Gasteiger charge is 2.29. The van der Waals surface area contributed by atoms with Crippen molar-refractivity contribution in [2.45, 2.75) is 45.6 Å². The number of aromatic nitrogens is 2. The molecule has 1 aliphatic heterocycles. The average Bonchev–Trinajstić information content (AvgIpc) is 3.27. The van der Waals surface area contributed by atoms with Crippen LogP contribution in [0.1, 0.15) is 45.6 Å². The Morgan fingerprint density at radius 3 is 2.07 bits per heavy atom. The lowest BCUT2D eigenvalue weighted by Gasteiger charge is -2.34. The summed E-state index contributed by atoms with van der Waals surface area (Å²) in [4.78, 5) is 14.9. The summed E-state index contributed by atoms with van der Waals surface area (Å²) in [6.07, 6.45) is 3.74. The molecule has 2 aromatic carbocycles. The Bertz CT molecular complexity index is 952. The van der Waals surface area contributed by atoms with Crippen LogP contribution >= 0.6 is 0 Å². The van der Waals surface area contributed by atoms with Crippen molar-refractivity contribution in [3.63, 3.8) is 0 Å². The number of benzene rings is 2. The number of piperidine rings is 1. The van der Waals surface area contributed by atoms with Crippen molar-refractivity contribution in [3.05, 3.63) is 66.7 Å². The van der Waals surface area contributed by atoms with Crippen molar-refractivity contribution in [3.8, 4) is 22.5 Å². The van der Waals surface area contributed by atoms with E-state index in [1.807, 2.05) is 12.1 Å². The Hall–Kier alpha value is -2.88. The third kappa shape index (κ3) is 4.18. The van der Waals surface area contributed by atoms with Crippen LogP contribution in [0.4, 0.5) is 0 Å². The second kappa shape index (κ2) is 9.29. The molecule has 0 aliphatic carbocycles. The first-order chi connectivity index (χ1) is 14.7. The number of amides is 1. The summed E-state index contributed by atoms with van der Waals surface area (Å²) in [6, 6.07) is 23.4. The summed E-state index contributed by atoms with van der Waals surface area (Å²) in [7, 11) is 0. The Labute approximate surface area is 179 Å². The van der Waals surface area contributed by atoms with Gasteiger partial charge < -0.3 is 4.90 Å². The van der Waals surface area contributed by atoms with E-state index in [0.29, 0.717) is 11.9 Å². The summed E-state index contributed by atoms with van der Waals surface area (Å²) in [6.45, 7) is 5.85. The van der Waals surface area contributed by atoms with Crippen molar-refractivity contribution >= 4 is 5.91 Å². The van der Waals surface area contributed by atoms with Gasteiger partial charge >= 0.3 is 0 Å². The van der Waals surface area contributed by atoms with Gasteiger partial charge in [-0.1, -0.05) is 74.5 Å². The number of hydrogen-bond donors (Lipinski definition) is 0. The molecule has 0 saturated carbocycles. The molecule has 4 heteroatoms. The third-order valence-electron chi connectivity index (χ3n) is 6.33. The van der Waals surface area contributed by atoms with Gasteiger partial charge in [0.1, 0.15) is 0 Å². The number of rotatable bonds is 6. The van der Waals surface area contributed by atoms with Crippen LogP contribution in [0, 0.1) is 5.92 Å². The van der Waals surface area contributed by atoms with Crippen LogP contribution in [0.15, 0.2) is 66.7 Å². The quantitative estimate of drug-likeness (QED) is 0.522. The number of carbonyl (C=O) groups excluding carboxylic acids is 1. The van der Waals surface area contributed by atoms with Crippen LogP contribution in [-0.2, 0) is 4.79 Å². The van der Waals surface area contributed by atoms with Gasteiger partial charge in [-0.3, -0.25) is 9.48 Å². The smallest absolute Gasteiger partial charge is 0.225 e. The Kier molecular flexibility index (Phi) is 6.32. The van der Waals surface area contributed by atoms with Gasteiger partial charge in [0.2, 0.25) is 5.91 Å². The molecule has 0 N–H and O–H groups in total. The van der Waals surface area contributed by atoms with Gasteiger partial charge in [0.25, 0.3) is 0 Å². The number of hydrogen-bond acceptors (Lipinski definition) is 2. The molecule has 1 saturated heterocycles. The van der Waals surface area contributed by atoms with Crippen LogP contribution < -0.4 is 0 Å². The van der Waals surface area contributed by atoms with Crippen LogP contribution in [0.2, 0.25) is 0 Å². The Morgan fingerprint density at radius 1 is 0.933 bits per heavy atom. The van der Waals surface area contributed by atoms with Crippen molar-refractivity contribution in [2.75, 3.05) is 13.1 Å². The van der Waals surface area contributed by atoms with E-state index in [1.165, 1.54) is 5.56 Å². The molecule has 0 spiro atoms. The van der Waals surface area contributed by atoms with Crippen LogP contribution in [0.5, 0.6) is 0 Å². The standard InChI is InChI=1S/C26H31N3O/c1-3-20(4-2)26(30)28-17-15-23(16-18-28)29-25(22-13-9-6-10-14-22)19-24(27-29)21-11-7-5-8-12-21/h5-14,19-20,23H,3-4,15-18H2,1-2H3. The van der Waals surface area contributed by atoms with E-state index in [9.17, 15) is 4.79 Å². The lowest BCUT2D eigenvalue weighted by atomic mass is 9.98. The van der Waals surface area contributed by atoms with Crippen molar-refractivity contribution < 1.29 is 4.79 Å². The van der Waals surface area contributed by atoms with Crippen LogP contribution in [0.25, 0.3) is 22.5 Å². The largest absolute Gasteiger partial charge is 0.342 e. The predicted octanol–water partition coefficient (Wildman–Crippen LogP) is 5.82. The molecule has 4 nitrogen and oxygen atoms in total. The minimum atomic E-state index is 0.163. The lowest BCUT2D eigenvalue weighted by molar-refractivity contribution is -0.137. The van der Waals surface area contributed by atoms with Gasteiger partial charge in [0.05, 0.1) is 17.4 Å². The SMILES string of the molecule is CCC(CC)C(=O)N1CCC(n2nc(-c3ccccc3)cc2-c2ccccc2)CC1. The van der Waals surface area contributed by atoms with Gasteiger partial charge in [-0.2, -0.15) is 5.10 Å². The van der Waals surface area contributed by atoms with Gasteiger partial charge in [0.15, 0.2) is 0 Å². The molecular weight excluding hydrogens is 370 g/mol. The van der Waals surface area contributed by atoms with Crippen LogP contribution in [-0.4, -0.2) is 33.7 Å². The second-order valence-electron chi connectivity index (χ2n) is 8.16. The Morgan fingerprint density at radius 2 is 1.50 bits per heavy atom. The molecule has 30 heavy (non-hydrogen) atoms. The summed E-state index contributed by atoms with van der Waals surface area (Å²) >= 11 is 0. The van der Waals surface area contributed by atoms with Crippen molar-refractivity contribution in [1.82, 2.24) is 14.7 Å². The predicted molar refractivity (Wildman–Crippen MR) is 122 cm³/mol. The van der Waals surface area contributed by atoms with Gasteiger partial charge in [-0.25, -0.2) is 0 Å². The minimum Gasteiger partial charge on any atom is -0.342 e. The summed E-state index contributed by atoms with van der Waals surface area (Å²) in [5.41, 5.74) is 4.47. The summed E-state index contributed by atoms with van der Waals surface area (Å²) in [5.74, 6) is 0.489. The molecule has 156 valence electrons. The normalized spacial score (nSPS) is 15.0. The first-order valence-electron chi connectivity index (χ1n) is 11.2. The molecule has 1 aliphatic rings. The molecule has 0 bridgehead atoms. The van der Waals surface area contributed by atoms with E-state index < -0.39 is 0 Å². The maximum absolute atomic E-state index is 12.8.